The SMILES string of the molecule is CC[C@@]1(c2cccc(-c3ccncc3F)c2)C2=C(CC(C)(C)CC2=O)NC2N=NC(C)=C21. The minimum absolute atomic E-state index is 0.115. The molecule has 3 heterocycles. The molecule has 164 valence electrons. The summed E-state index contributed by atoms with van der Waals surface area (Å²) < 4.78 is 14.5. The van der Waals surface area contributed by atoms with Crippen molar-refractivity contribution in [2.45, 2.75) is 58.5 Å². The number of hydrogen-bond acceptors (Lipinski definition) is 5. The van der Waals surface area contributed by atoms with Crippen LogP contribution in [0.2, 0.25) is 0 Å². The Morgan fingerprint density at radius 2 is 2.03 bits per heavy atom. The fourth-order valence-electron chi connectivity index (χ4n) is 5.77. The maximum absolute atomic E-state index is 14.5. The first kappa shape index (κ1) is 20.7. The molecule has 32 heavy (non-hydrogen) atoms. The second-order valence-corrected chi connectivity index (χ2v) is 9.75. The number of pyridine rings is 1. The van der Waals surface area contributed by atoms with Crippen molar-refractivity contribution in [1.82, 2.24) is 10.3 Å². The minimum Gasteiger partial charge on any atom is -0.362 e. The van der Waals surface area contributed by atoms with E-state index in [1.54, 1.807) is 12.3 Å². The van der Waals surface area contributed by atoms with Crippen molar-refractivity contribution in [3.05, 3.63) is 76.6 Å². The van der Waals surface area contributed by atoms with Crippen LogP contribution in [0, 0.1) is 11.2 Å². The molecule has 0 spiro atoms. The lowest BCUT2D eigenvalue weighted by atomic mass is 9.58. The van der Waals surface area contributed by atoms with Gasteiger partial charge < -0.3 is 5.32 Å². The molecular formula is C26H27FN4O. The molecule has 2 aromatic rings. The molecule has 5 rings (SSSR count). The van der Waals surface area contributed by atoms with E-state index < -0.39 is 5.41 Å². The second-order valence-electron chi connectivity index (χ2n) is 9.75. The van der Waals surface area contributed by atoms with Crippen LogP contribution in [0.15, 0.2) is 75.5 Å². The topological polar surface area (TPSA) is 66.7 Å². The highest BCUT2D eigenvalue weighted by Gasteiger charge is 2.53. The third kappa shape index (κ3) is 2.96. The normalized spacial score (nSPS) is 26.2. The van der Waals surface area contributed by atoms with Crippen LogP contribution in [0.5, 0.6) is 0 Å². The number of halogens is 1. The van der Waals surface area contributed by atoms with Crippen molar-refractivity contribution in [3.8, 4) is 11.1 Å². The van der Waals surface area contributed by atoms with Gasteiger partial charge in [0.15, 0.2) is 11.9 Å². The summed E-state index contributed by atoms with van der Waals surface area (Å²) in [7, 11) is 0. The Bertz CT molecular complexity index is 1230. The van der Waals surface area contributed by atoms with Gasteiger partial charge in [-0.3, -0.25) is 9.78 Å². The predicted octanol–water partition coefficient (Wildman–Crippen LogP) is 5.85. The summed E-state index contributed by atoms with van der Waals surface area (Å²) >= 11 is 0. The third-order valence-corrected chi connectivity index (χ3v) is 7.03. The fraction of sp³-hybridized carbons (Fsp3) is 0.385. The summed E-state index contributed by atoms with van der Waals surface area (Å²) in [6.45, 7) is 8.33. The van der Waals surface area contributed by atoms with Gasteiger partial charge in [0.1, 0.15) is 5.82 Å². The smallest absolute Gasteiger partial charge is 0.165 e. The van der Waals surface area contributed by atoms with E-state index in [0.29, 0.717) is 18.4 Å². The number of nitrogens with zero attached hydrogens (tertiary/aromatic N) is 3. The molecule has 2 aliphatic heterocycles. The lowest BCUT2D eigenvalue weighted by Crippen LogP contribution is -2.51. The molecule has 0 radical (unpaired) electrons. The maximum Gasteiger partial charge on any atom is 0.165 e. The van der Waals surface area contributed by atoms with E-state index in [1.165, 1.54) is 6.20 Å². The second kappa shape index (κ2) is 7.19. The number of benzene rings is 1. The van der Waals surface area contributed by atoms with Crippen molar-refractivity contribution in [2.24, 2.45) is 15.6 Å². The summed E-state index contributed by atoms with van der Waals surface area (Å²) in [6.07, 6.45) is 4.52. The van der Waals surface area contributed by atoms with E-state index in [1.807, 2.05) is 31.2 Å². The Kier molecular flexibility index (Phi) is 4.66. The van der Waals surface area contributed by atoms with Gasteiger partial charge >= 0.3 is 0 Å². The fourth-order valence-corrected chi connectivity index (χ4v) is 5.77. The number of aromatic nitrogens is 1. The van der Waals surface area contributed by atoms with Crippen LogP contribution in [0.3, 0.4) is 0 Å². The lowest BCUT2D eigenvalue weighted by Gasteiger charge is -2.48. The molecule has 0 saturated heterocycles. The van der Waals surface area contributed by atoms with Crippen LogP contribution in [0.1, 0.15) is 52.5 Å². The number of fused-ring (bicyclic) bond motifs is 1. The first-order chi connectivity index (χ1) is 15.3. The first-order valence-electron chi connectivity index (χ1n) is 11.1. The summed E-state index contributed by atoms with van der Waals surface area (Å²) in [6, 6.07) is 9.58. The molecule has 0 fully saturated rings. The number of hydrogen-bond donors (Lipinski definition) is 1. The number of carbonyl (C=O) groups is 1. The van der Waals surface area contributed by atoms with Crippen molar-refractivity contribution in [3.63, 3.8) is 0 Å². The Morgan fingerprint density at radius 1 is 1.22 bits per heavy atom. The van der Waals surface area contributed by atoms with Gasteiger partial charge in [-0.1, -0.05) is 39.0 Å². The van der Waals surface area contributed by atoms with Crippen molar-refractivity contribution in [1.29, 1.82) is 0 Å². The van der Waals surface area contributed by atoms with E-state index in [9.17, 15) is 9.18 Å². The van der Waals surface area contributed by atoms with Crippen LogP contribution in [-0.4, -0.2) is 16.9 Å². The summed E-state index contributed by atoms with van der Waals surface area (Å²) in [5, 5.41) is 12.4. The number of nitrogens with one attached hydrogen (secondary N) is 1. The van der Waals surface area contributed by atoms with E-state index >= 15 is 0 Å². The van der Waals surface area contributed by atoms with E-state index in [4.69, 9.17) is 0 Å². The van der Waals surface area contributed by atoms with Crippen LogP contribution in [-0.2, 0) is 10.2 Å². The Morgan fingerprint density at radius 3 is 2.78 bits per heavy atom. The standard InChI is InChI=1S/C26H27FN4O/c1-5-26(17-8-6-7-16(11-17)18-9-10-28-14-19(18)27)22-15(2)30-31-24(22)29-20-12-25(3,4)13-21(32)23(20)26/h6-11,14,24,29H,5,12-13H2,1-4H3/t24?,26-/m0/s1. The molecule has 1 unspecified atom stereocenters. The summed E-state index contributed by atoms with van der Waals surface area (Å²) in [5.74, 6) is -0.202. The van der Waals surface area contributed by atoms with Crippen LogP contribution in [0.4, 0.5) is 4.39 Å². The largest absolute Gasteiger partial charge is 0.362 e. The molecule has 1 aromatic heterocycles. The lowest BCUT2D eigenvalue weighted by molar-refractivity contribution is -0.119. The molecule has 1 aliphatic carbocycles. The molecule has 6 heteroatoms. The van der Waals surface area contributed by atoms with Gasteiger partial charge in [-0.15, -0.1) is 0 Å². The number of allylic oxidation sites excluding steroid dienone is 3. The monoisotopic (exact) mass is 430 g/mol. The molecule has 2 atom stereocenters. The highest BCUT2D eigenvalue weighted by molar-refractivity contribution is 6.01. The molecule has 5 nitrogen and oxygen atoms in total. The Labute approximate surface area is 187 Å². The average molecular weight is 431 g/mol. The molecule has 1 N–H and O–H groups in total. The zero-order chi connectivity index (χ0) is 22.7. The van der Waals surface area contributed by atoms with E-state index in [-0.39, 0.29) is 23.2 Å². The molecule has 0 amide bonds. The number of carbonyl (C=O) groups excluding carboxylic acids is 1. The summed E-state index contributed by atoms with van der Waals surface area (Å²) in [5.41, 5.74) is 5.13. The highest BCUT2D eigenvalue weighted by atomic mass is 19.1. The first-order valence-corrected chi connectivity index (χ1v) is 11.1. The van der Waals surface area contributed by atoms with Crippen molar-refractivity contribution >= 4 is 5.78 Å². The zero-order valence-electron chi connectivity index (χ0n) is 18.9. The number of ketones is 1. The molecule has 0 bridgehead atoms. The van der Waals surface area contributed by atoms with Gasteiger partial charge in [0, 0.05) is 35.0 Å². The molecular weight excluding hydrogens is 403 g/mol. The third-order valence-electron chi connectivity index (χ3n) is 7.03. The number of rotatable bonds is 3. The molecule has 0 saturated carbocycles. The Hall–Kier alpha value is -3.15. The van der Waals surface area contributed by atoms with Gasteiger partial charge in [-0.25, -0.2) is 4.39 Å². The van der Waals surface area contributed by atoms with Crippen LogP contribution < -0.4 is 5.32 Å². The van der Waals surface area contributed by atoms with Crippen LogP contribution >= 0.6 is 0 Å². The molecule has 1 aromatic carbocycles. The number of Topliss-reactive ketones (excluding diaryl/α,β-unsaturated/α-hetero) is 1. The summed E-state index contributed by atoms with van der Waals surface area (Å²) in [4.78, 5) is 17.5. The Balaban J connectivity index is 1.78. The zero-order valence-corrected chi connectivity index (χ0v) is 18.9. The highest BCUT2D eigenvalue weighted by Crippen LogP contribution is 2.55. The van der Waals surface area contributed by atoms with Gasteiger partial charge in [0.2, 0.25) is 0 Å². The quantitative estimate of drug-likeness (QED) is 0.664. The average Bonchev–Trinajstić information content (AvgIpc) is 3.12. The maximum atomic E-state index is 14.5. The van der Waals surface area contributed by atoms with Gasteiger partial charge in [0.05, 0.1) is 17.3 Å². The predicted molar refractivity (Wildman–Crippen MR) is 121 cm³/mol. The van der Waals surface area contributed by atoms with Gasteiger partial charge in [-0.2, -0.15) is 10.2 Å². The van der Waals surface area contributed by atoms with E-state index in [2.05, 4.69) is 41.3 Å². The van der Waals surface area contributed by atoms with Gasteiger partial charge in [0.25, 0.3) is 0 Å². The minimum atomic E-state index is -0.647. The number of azo groups is 1. The van der Waals surface area contributed by atoms with E-state index in [0.717, 1.165) is 40.1 Å². The van der Waals surface area contributed by atoms with Crippen LogP contribution in [0.25, 0.3) is 11.1 Å². The molecule has 3 aliphatic rings. The van der Waals surface area contributed by atoms with Crippen molar-refractivity contribution < 1.29 is 9.18 Å². The van der Waals surface area contributed by atoms with Gasteiger partial charge in [-0.05, 0) is 48.4 Å². The van der Waals surface area contributed by atoms with Crippen molar-refractivity contribution in [2.75, 3.05) is 0 Å².